The quantitative estimate of drug-likeness (QED) is 0.409. The van der Waals surface area contributed by atoms with Crippen LogP contribution in [-0.4, -0.2) is 21.1 Å². The van der Waals surface area contributed by atoms with Gasteiger partial charge in [0.15, 0.2) is 5.11 Å². The fraction of sp³-hybridized carbons (Fsp3) is 0. The molecular weight excluding hydrogens is 234 g/mol. The molecule has 1 aromatic carbocycles. The van der Waals surface area contributed by atoms with E-state index in [1.54, 1.807) is 0 Å². The SMILES string of the molecule is NC(=S)Nc1cc(C(=O)O)cc([N+](=O)[O-])c1. The van der Waals surface area contributed by atoms with Gasteiger partial charge in [-0.25, -0.2) is 4.79 Å². The second-order valence-electron chi connectivity index (χ2n) is 2.82. The van der Waals surface area contributed by atoms with Crippen molar-refractivity contribution >= 4 is 34.7 Å². The molecule has 0 spiro atoms. The summed E-state index contributed by atoms with van der Waals surface area (Å²) in [6.45, 7) is 0. The van der Waals surface area contributed by atoms with Crippen molar-refractivity contribution in [2.75, 3.05) is 5.32 Å². The zero-order valence-electron chi connectivity index (χ0n) is 7.84. The van der Waals surface area contributed by atoms with Gasteiger partial charge in [0.05, 0.1) is 10.5 Å². The number of non-ortho nitro benzene ring substituents is 1. The molecule has 16 heavy (non-hydrogen) atoms. The van der Waals surface area contributed by atoms with E-state index in [9.17, 15) is 14.9 Å². The molecule has 0 fully saturated rings. The average molecular weight is 241 g/mol. The van der Waals surface area contributed by atoms with Crippen molar-refractivity contribution in [1.82, 2.24) is 0 Å². The van der Waals surface area contributed by atoms with Crippen LogP contribution in [0.2, 0.25) is 0 Å². The Balaban J connectivity index is 3.23. The summed E-state index contributed by atoms with van der Waals surface area (Å²) >= 11 is 4.54. The number of benzene rings is 1. The predicted molar refractivity (Wildman–Crippen MR) is 60.5 cm³/mol. The van der Waals surface area contributed by atoms with Crippen LogP contribution in [0.5, 0.6) is 0 Å². The highest BCUT2D eigenvalue weighted by molar-refractivity contribution is 7.80. The Hall–Kier alpha value is -2.22. The smallest absolute Gasteiger partial charge is 0.336 e. The van der Waals surface area contributed by atoms with Crippen LogP contribution in [0.15, 0.2) is 18.2 Å². The summed E-state index contributed by atoms with van der Waals surface area (Å²) in [5, 5.41) is 21.6. The van der Waals surface area contributed by atoms with E-state index in [1.807, 2.05) is 0 Å². The summed E-state index contributed by atoms with van der Waals surface area (Å²) in [5.41, 5.74) is 4.78. The van der Waals surface area contributed by atoms with Crippen LogP contribution in [0, 0.1) is 10.1 Å². The number of carboxylic acid groups (broad SMARTS) is 1. The lowest BCUT2D eigenvalue weighted by molar-refractivity contribution is -0.384. The Morgan fingerprint density at radius 2 is 2.12 bits per heavy atom. The van der Waals surface area contributed by atoms with Crippen LogP contribution in [0.25, 0.3) is 0 Å². The van der Waals surface area contributed by atoms with E-state index >= 15 is 0 Å². The van der Waals surface area contributed by atoms with Crippen LogP contribution in [0.3, 0.4) is 0 Å². The van der Waals surface area contributed by atoms with Crippen LogP contribution < -0.4 is 11.1 Å². The Morgan fingerprint density at radius 1 is 1.50 bits per heavy atom. The Kier molecular flexibility index (Phi) is 3.36. The number of nitrogens with zero attached hydrogens (tertiary/aromatic N) is 1. The van der Waals surface area contributed by atoms with Gasteiger partial charge in [-0.05, 0) is 18.3 Å². The Morgan fingerprint density at radius 3 is 2.56 bits per heavy atom. The zero-order valence-corrected chi connectivity index (χ0v) is 8.65. The van der Waals surface area contributed by atoms with Gasteiger partial charge in [0.2, 0.25) is 0 Å². The number of nitrogens with two attached hydrogens (primary N) is 1. The number of rotatable bonds is 3. The second kappa shape index (κ2) is 4.53. The van der Waals surface area contributed by atoms with E-state index in [0.717, 1.165) is 12.1 Å². The summed E-state index contributed by atoms with van der Waals surface area (Å²) in [6, 6.07) is 3.30. The lowest BCUT2D eigenvalue weighted by Gasteiger charge is -2.04. The van der Waals surface area contributed by atoms with E-state index in [4.69, 9.17) is 10.8 Å². The molecule has 0 radical (unpaired) electrons. The van der Waals surface area contributed by atoms with Gasteiger partial charge in [0.1, 0.15) is 0 Å². The van der Waals surface area contributed by atoms with E-state index in [0.29, 0.717) is 0 Å². The molecule has 8 heteroatoms. The standard InChI is InChI=1S/C8H7N3O4S/c9-8(16)10-5-1-4(7(12)13)2-6(3-5)11(14)15/h1-3H,(H,12,13)(H3,9,10,16). The number of nitrogens with one attached hydrogen (secondary N) is 1. The number of carbonyl (C=O) groups is 1. The van der Waals surface area contributed by atoms with Crippen molar-refractivity contribution in [3.8, 4) is 0 Å². The number of aromatic carboxylic acids is 1. The number of nitro benzene ring substituents is 1. The molecule has 1 rings (SSSR count). The molecule has 84 valence electrons. The zero-order chi connectivity index (χ0) is 12.3. The highest BCUT2D eigenvalue weighted by Gasteiger charge is 2.13. The molecule has 0 aliphatic carbocycles. The van der Waals surface area contributed by atoms with Gasteiger partial charge in [0, 0.05) is 17.8 Å². The monoisotopic (exact) mass is 241 g/mol. The highest BCUT2D eigenvalue weighted by Crippen LogP contribution is 2.20. The minimum atomic E-state index is -1.27. The molecule has 1 aromatic rings. The number of thiocarbonyl (C=S) groups is 1. The normalized spacial score (nSPS) is 9.50. The number of nitro groups is 1. The maximum atomic E-state index is 10.7. The Bertz CT molecular complexity index is 442. The molecule has 0 saturated carbocycles. The van der Waals surface area contributed by atoms with Crippen LogP contribution >= 0.6 is 12.2 Å². The van der Waals surface area contributed by atoms with Crippen molar-refractivity contribution in [3.05, 3.63) is 33.9 Å². The van der Waals surface area contributed by atoms with Gasteiger partial charge >= 0.3 is 5.97 Å². The summed E-state index contributed by atoms with van der Waals surface area (Å²) in [5.74, 6) is -1.27. The summed E-state index contributed by atoms with van der Waals surface area (Å²) in [6.07, 6.45) is 0. The van der Waals surface area contributed by atoms with E-state index in [1.165, 1.54) is 6.07 Å². The van der Waals surface area contributed by atoms with Crippen molar-refractivity contribution in [2.24, 2.45) is 5.73 Å². The van der Waals surface area contributed by atoms with Crippen LogP contribution in [0.4, 0.5) is 11.4 Å². The first kappa shape index (κ1) is 11.9. The molecule has 0 aliphatic rings. The number of carboxylic acids is 1. The minimum Gasteiger partial charge on any atom is -0.478 e. The lowest BCUT2D eigenvalue weighted by atomic mass is 10.2. The third kappa shape index (κ3) is 2.89. The molecule has 7 nitrogen and oxygen atoms in total. The van der Waals surface area contributed by atoms with Crippen LogP contribution in [-0.2, 0) is 0 Å². The van der Waals surface area contributed by atoms with Crippen molar-refractivity contribution < 1.29 is 14.8 Å². The van der Waals surface area contributed by atoms with E-state index < -0.39 is 10.9 Å². The summed E-state index contributed by atoms with van der Waals surface area (Å²) < 4.78 is 0. The fourth-order valence-corrected chi connectivity index (χ4v) is 1.17. The van der Waals surface area contributed by atoms with E-state index in [2.05, 4.69) is 17.5 Å². The molecule has 0 atom stereocenters. The van der Waals surface area contributed by atoms with Crippen molar-refractivity contribution in [1.29, 1.82) is 0 Å². The first-order valence-corrected chi connectivity index (χ1v) is 4.40. The third-order valence-corrected chi connectivity index (χ3v) is 1.75. The molecule has 0 saturated heterocycles. The predicted octanol–water partition coefficient (Wildman–Crippen LogP) is 0.949. The molecule has 0 bridgehead atoms. The van der Waals surface area contributed by atoms with Gasteiger partial charge in [-0.15, -0.1) is 0 Å². The fourth-order valence-electron chi connectivity index (χ4n) is 1.05. The minimum absolute atomic E-state index is 0.100. The number of anilines is 1. The molecule has 0 heterocycles. The average Bonchev–Trinajstić information content (AvgIpc) is 2.15. The number of hydrogen-bond donors (Lipinski definition) is 3. The first-order valence-electron chi connectivity index (χ1n) is 3.99. The van der Waals surface area contributed by atoms with Crippen molar-refractivity contribution in [3.63, 3.8) is 0 Å². The molecular formula is C8H7N3O4S. The van der Waals surface area contributed by atoms with E-state index in [-0.39, 0.29) is 22.1 Å². The van der Waals surface area contributed by atoms with Crippen LogP contribution in [0.1, 0.15) is 10.4 Å². The number of hydrogen-bond acceptors (Lipinski definition) is 4. The topological polar surface area (TPSA) is 118 Å². The molecule has 0 unspecified atom stereocenters. The second-order valence-corrected chi connectivity index (χ2v) is 3.26. The van der Waals surface area contributed by atoms with Gasteiger partial charge in [0.25, 0.3) is 5.69 Å². The maximum absolute atomic E-state index is 10.7. The maximum Gasteiger partial charge on any atom is 0.336 e. The Labute approximate surface area is 95.0 Å². The third-order valence-electron chi connectivity index (χ3n) is 1.64. The van der Waals surface area contributed by atoms with Gasteiger partial charge < -0.3 is 16.2 Å². The molecule has 0 amide bonds. The van der Waals surface area contributed by atoms with Gasteiger partial charge in [-0.3, -0.25) is 10.1 Å². The summed E-state index contributed by atoms with van der Waals surface area (Å²) in [4.78, 5) is 20.5. The van der Waals surface area contributed by atoms with Crippen molar-refractivity contribution in [2.45, 2.75) is 0 Å². The largest absolute Gasteiger partial charge is 0.478 e. The molecule has 0 aromatic heterocycles. The highest BCUT2D eigenvalue weighted by atomic mass is 32.1. The van der Waals surface area contributed by atoms with Gasteiger partial charge in [-0.1, -0.05) is 0 Å². The molecule has 4 N–H and O–H groups in total. The summed E-state index contributed by atoms with van der Waals surface area (Å²) in [7, 11) is 0. The molecule has 0 aliphatic heterocycles. The lowest BCUT2D eigenvalue weighted by Crippen LogP contribution is -2.19. The van der Waals surface area contributed by atoms with Gasteiger partial charge in [-0.2, -0.15) is 0 Å². The first-order chi connectivity index (χ1) is 7.40.